The molecule has 0 aromatic heterocycles. The van der Waals surface area contributed by atoms with Crippen molar-refractivity contribution in [2.24, 2.45) is 0 Å². The SMILES string of the molecule is CCc1ccc(CNC(C)c2ccc(O)c(OC)c2)cc1. The zero-order chi connectivity index (χ0) is 15.2. The maximum absolute atomic E-state index is 9.63. The molecule has 0 heterocycles. The molecule has 0 amide bonds. The largest absolute Gasteiger partial charge is 0.504 e. The van der Waals surface area contributed by atoms with Crippen LogP contribution in [0, 0.1) is 0 Å². The van der Waals surface area contributed by atoms with E-state index in [-0.39, 0.29) is 11.8 Å². The highest BCUT2D eigenvalue weighted by Crippen LogP contribution is 2.28. The predicted molar refractivity (Wildman–Crippen MR) is 85.7 cm³/mol. The number of aryl methyl sites for hydroxylation is 1. The van der Waals surface area contributed by atoms with E-state index in [1.807, 2.05) is 12.1 Å². The summed E-state index contributed by atoms with van der Waals surface area (Å²) in [6.07, 6.45) is 1.07. The van der Waals surface area contributed by atoms with Gasteiger partial charge in [-0.3, -0.25) is 0 Å². The first-order valence-electron chi connectivity index (χ1n) is 7.32. The minimum atomic E-state index is 0.170. The second-order valence-electron chi connectivity index (χ2n) is 5.20. The van der Waals surface area contributed by atoms with Crippen LogP contribution in [0.1, 0.15) is 36.6 Å². The Bertz CT molecular complexity index is 578. The van der Waals surface area contributed by atoms with Crippen molar-refractivity contribution in [1.29, 1.82) is 0 Å². The topological polar surface area (TPSA) is 41.5 Å². The van der Waals surface area contributed by atoms with E-state index in [2.05, 4.69) is 43.4 Å². The van der Waals surface area contributed by atoms with Gasteiger partial charge in [0.25, 0.3) is 0 Å². The van der Waals surface area contributed by atoms with Gasteiger partial charge in [-0.2, -0.15) is 0 Å². The molecule has 0 aliphatic heterocycles. The van der Waals surface area contributed by atoms with Gasteiger partial charge in [-0.1, -0.05) is 37.3 Å². The highest BCUT2D eigenvalue weighted by Gasteiger charge is 2.09. The third-order valence-electron chi connectivity index (χ3n) is 3.75. The third kappa shape index (κ3) is 3.99. The summed E-state index contributed by atoms with van der Waals surface area (Å²) < 4.78 is 5.15. The van der Waals surface area contributed by atoms with E-state index in [1.54, 1.807) is 13.2 Å². The van der Waals surface area contributed by atoms with Crippen molar-refractivity contribution in [3.8, 4) is 11.5 Å². The van der Waals surface area contributed by atoms with E-state index in [0.717, 1.165) is 18.5 Å². The minimum Gasteiger partial charge on any atom is -0.504 e. The van der Waals surface area contributed by atoms with Gasteiger partial charge in [0.1, 0.15) is 0 Å². The van der Waals surface area contributed by atoms with Crippen molar-refractivity contribution >= 4 is 0 Å². The van der Waals surface area contributed by atoms with Crippen LogP contribution in [-0.2, 0) is 13.0 Å². The van der Waals surface area contributed by atoms with Gasteiger partial charge in [0.05, 0.1) is 7.11 Å². The molecule has 3 nitrogen and oxygen atoms in total. The van der Waals surface area contributed by atoms with E-state index in [9.17, 15) is 5.11 Å². The highest BCUT2D eigenvalue weighted by atomic mass is 16.5. The molecule has 0 saturated carbocycles. The van der Waals surface area contributed by atoms with Crippen LogP contribution in [0.15, 0.2) is 42.5 Å². The summed E-state index contributed by atoms with van der Waals surface area (Å²) in [7, 11) is 1.56. The smallest absolute Gasteiger partial charge is 0.160 e. The number of phenolic OH excluding ortho intramolecular Hbond substituents is 1. The summed E-state index contributed by atoms with van der Waals surface area (Å²) in [6, 6.07) is 14.3. The molecule has 0 bridgehead atoms. The van der Waals surface area contributed by atoms with Gasteiger partial charge in [0, 0.05) is 12.6 Å². The third-order valence-corrected chi connectivity index (χ3v) is 3.75. The summed E-state index contributed by atoms with van der Waals surface area (Å²) >= 11 is 0. The molecule has 0 saturated heterocycles. The van der Waals surface area contributed by atoms with Crippen LogP contribution in [0.5, 0.6) is 11.5 Å². The molecule has 0 radical (unpaired) electrons. The lowest BCUT2D eigenvalue weighted by atomic mass is 10.1. The summed E-state index contributed by atoms with van der Waals surface area (Å²) in [5.74, 6) is 0.678. The number of nitrogens with one attached hydrogen (secondary N) is 1. The van der Waals surface area contributed by atoms with Crippen LogP contribution < -0.4 is 10.1 Å². The minimum absolute atomic E-state index is 0.170. The normalized spacial score (nSPS) is 12.1. The Morgan fingerprint density at radius 3 is 2.38 bits per heavy atom. The van der Waals surface area contributed by atoms with Gasteiger partial charge in [0.15, 0.2) is 11.5 Å². The van der Waals surface area contributed by atoms with Crippen molar-refractivity contribution in [1.82, 2.24) is 5.32 Å². The van der Waals surface area contributed by atoms with Gasteiger partial charge in [-0.05, 0) is 42.2 Å². The fourth-order valence-electron chi connectivity index (χ4n) is 2.25. The van der Waals surface area contributed by atoms with Crippen LogP contribution >= 0.6 is 0 Å². The standard InChI is InChI=1S/C18H23NO2/c1-4-14-5-7-15(8-6-14)12-19-13(2)16-9-10-17(20)18(11-16)21-3/h5-11,13,19-20H,4,12H2,1-3H3. The molecule has 2 rings (SSSR count). The Balaban J connectivity index is 1.98. The molecule has 0 spiro atoms. The van der Waals surface area contributed by atoms with Crippen molar-refractivity contribution in [2.45, 2.75) is 32.9 Å². The van der Waals surface area contributed by atoms with E-state index >= 15 is 0 Å². The Kier molecular flexibility index (Phi) is 5.23. The second kappa shape index (κ2) is 7.14. The van der Waals surface area contributed by atoms with Crippen LogP contribution in [0.2, 0.25) is 0 Å². The summed E-state index contributed by atoms with van der Waals surface area (Å²) in [5.41, 5.74) is 3.72. The Morgan fingerprint density at radius 2 is 1.76 bits per heavy atom. The maximum atomic E-state index is 9.63. The maximum Gasteiger partial charge on any atom is 0.160 e. The quantitative estimate of drug-likeness (QED) is 0.848. The van der Waals surface area contributed by atoms with E-state index in [1.165, 1.54) is 11.1 Å². The lowest BCUT2D eigenvalue weighted by molar-refractivity contribution is 0.372. The van der Waals surface area contributed by atoms with Crippen molar-refractivity contribution < 1.29 is 9.84 Å². The molecule has 0 fully saturated rings. The first-order valence-corrected chi connectivity index (χ1v) is 7.32. The molecule has 2 N–H and O–H groups in total. The summed E-state index contributed by atoms with van der Waals surface area (Å²) in [5, 5.41) is 13.1. The Labute approximate surface area is 126 Å². The number of rotatable bonds is 6. The van der Waals surface area contributed by atoms with E-state index in [4.69, 9.17) is 4.74 Å². The molecule has 2 aromatic rings. The lowest BCUT2D eigenvalue weighted by Gasteiger charge is -2.16. The van der Waals surface area contributed by atoms with E-state index < -0.39 is 0 Å². The molecule has 1 unspecified atom stereocenters. The molecule has 3 heteroatoms. The highest BCUT2D eigenvalue weighted by molar-refractivity contribution is 5.42. The number of hydrogen-bond donors (Lipinski definition) is 2. The Hall–Kier alpha value is -2.00. The first-order chi connectivity index (χ1) is 10.1. The van der Waals surface area contributed by atoms with Crippen molar-refractivity contribution in [2.75, 3.05) is 7.11 Å². The van der Waals surface area contributed by atoms with Crippen LogP contribution in [0.25, 0.3) is 0 Å². The number of ether oxygens (including phenoxy) is 1. The second-order valence-corrected chi connectivity index (χ2v) is 5.20. The molecule has 2 aromatic carbocycles. The predicted octanol–water partition coefficient (Wildman–Crippen LogP) is 3.81. The molecule has 112 valence electrons. The lowest BCUT2D eigenvalue weighted by Crippen LogP contribution is -2.18. The van der Waals surface area contributed by atoms with Crippen molar-refractivity contribution in [3.63, 3.8) is 0 Å². The monoisotopic (exact) mass is 285 g/mol. The van der Waals surface area contributed by atoms with Gasteiger partial charge in [-0.15, -0.1) is 0 Å². The van der Waals surface area contributed by atoms with Gasteiger partial charge >= 0.3 is 0 Å². The molecule has 0 aliphatic carbocycles. The fourth-order valence-corrected chi connectivity index (χ4v) is 2.25. The van der Waals surface area contributed by atoms with E-state index in [0.29, 0.717) is 5.75 Å². The Morgan fingerprint density at radius 1 is 1.10 bits per heavy atom. The molecule has 1 atom stereocenters. The number of hydrogen-bond acceptors (Lipinski definition) is 3. The van der Waals surface area contributed by atoms with Gasteiger partial charge in [-0.25, -0.2) is 0 Å². The van der Waals surface area contributed by atoms with Crippen LogP contribution in [0.4, 0.5) is 0 Å². The zero-order valence-electron chi connectivity index (χ0n) is 12.9. The van der Waals surface area contributed by atoms with Crippen molar-refractivity contribution in [3.05, 3.63) is 59.2 Å². The molecule has 0 aliphatic rings. The molecular formula is C18H23NO2. The van der Waals surface area contributed by atoms with Crippen LogP contribution in [0.3, 0.4) is 0 Å². The first kappa shape index (κ1) is 15.4. The number of benzene rings is 2. The molecular weight excluding hydrogens is 262 g/mol. The zero-order valence-corrected chi connectivity index (χ0v) is 12.9. The average Bonchev–Trinajstić information content (AvgIpc) is 2.53. The number of phenols is 1. The number of aromatic hydroxyl groups is 1. The molecule has 21 heavy (non-hydrogen) atoms. The van der Waals surface area contributed by atoms with Gasteiger partial charge < -0.3 is 15.2 Å². The summed E-state index contributed by atoms with van der Waals surface area (Å²) in [6.45, 7) is 5.08. The number of methoxy groups -OCH3 is 1. The average molecular weight is 285 g/mol. The van der Waals surface area contributed by atoms with Gasteiger partial charge in [0.2, 0.25) is 0 Å². The summed E-state index contributed by atoms with van der Waals surface area (Å²) in [4.78, 5) is 0. The van der Waals surface area contributed by atoms with Crippen LogP contribution in [-0.4, -0.2) is 12.2 Å². The fraction of sp³-hybridized carbons (Fsp3) is 0.333.